The minimum absolute atomic E-state index is 0.0318. The van der Waals surface area contributed by atoms with Crippen molar-refractivity contribution in [2.45, 2.75) is 57.5 Å². The van der Waals surface area contributed by atoms with Crippen LogP contribution < -0.4 is 0 Å². The van der Waals surface area contributed by atoms with Gasteiger partial charge in [-0.1, -0.05) is 24.6 Å². The molecule has 6 unspecified atom stereocenters. The number of fused-ring (bicyclic) bond motifs is 6. The lowest BCUT2D eigenvalue weighted by Crippen LogP contribution is -2.53. The summed E-state index contributed by atoms with van der Waals surface area (Å²) in [5, 5.41) is 10.0. The van der Waals surface area contributed by atoms with Crippen molar-refractivity contribution >= 4 is 5.78 Å². The lowest BCUT2D eigenvalue weighted by Gasteiger charge is -2.57. The maximum Gasteiger partial charge on any atom is 0.155 e. The second kappa shape index (κ2) is 5.53. The van der Waals surface area contributed by atoms with Crippen molar-refractivity contribution in [1.82, 2.24) is 0 Å². The van der Waals surface area contributed by atoms with Gasteiger partial charge in [-0.05, 0) is 68.3 Å². The van der Waals surface area contributed by atoms with Crippen LogP contribution >= 0.6 is 0 Å². The monoisotopic (exact) mass is 342 g/mol. The van der Waals surface area contributed by atoms with Gasteiger partial charge in [-0.15, -0.1) is 0 Å². The highest BCUT2D eigenvalue weighted by molar-refractivity contribution is 5.91. The molecule has 0 aromatic heterocycles. The molecule has 3 heteroatoms. The lowest BCUT2D eigenvalue weighted by molar-refractivity contribution is -0.120. The van der Waals surface area contributed by atoms with Crippen molar-refractivity contribution in [3.63, 3.8) is 0 Å². The smallest absolute Gasteiger partial charge is 0.155 e. The second-order valence-electron chi connectivity index (χ2n) is 9.40. The molecule has 1 N–H and O–H groups in total. The Labute approximate surface area is 150 Å². The summed E-state index contributed by atoms with van der Waals surface area (Å²) in [7, 11) is 0. The van der Waals surface area contributed by atoms with E-state index in [1.54, 1.807) is 0 Å². The number of aliphatic hydroxyl groups is 1. The van der Waals surface area contributed by atoms with Gasteiger partial charge in [0.25, 0.3) is 0 Å². The number of carbonyl (C=O) groups excluding carboxylic acids is 1. The molecule has 0 amide bonds. The Morgan fingerprint density at radius 3 is 2.88 bits per heavy atom. The van der Waals surface area contributed by atoms with Crippen molar-refractivity contribution in [1.29, 1.82) is 0 Å². The van der Waals surface area contributed by atoms with Gasteiger partial charge in [0.15, 0.2) is 5.78 Å². The molecule has 1 aliphatic heterocycles. The summed E-state index contributed by atoms with van der Waals surface area (Å²) in [6, 6.07) is 0. The largest absolute Gasteiger partial charge is 0.396 e. The molecule has 5 rings (SSSR count). The minimum Gasteiger partial charge on any atom is -0.396 e. The first-order valence-electron chi connectivity index (χ1n) is 10.2. The van der Waals surface area contributed by atoms with Crippen LogP contribution in [0.15, 0.2) is 23.8 Å². The molecule has 0 saturated heterocycles. The number of rotatable bonds is 1. The normalized spacial score (nSPS) is 51.2. The van der Waals surface area contributed by atoms with Crippen molar-refractivity contribution in [3.05, 3.63) is 23.8 Å². The van der Waals surface area contributed by atoms with Gasteiger partial charge in [-0.2, -0.15) is 0 Å². The molecule has 4 aliphatic carbocycles. The van der Waals surface area contributed by atoms with E-state index in [4.69, 9.17) is 4.74 Å². The minimum atomic E-state index is -0.0318. The molecular formula is C22H30O3. The molecule has 3 saturated carbocycles. The Bertz CT molecular complexity index is 650. The number of aliphatic hydroxyl groups excluding tert-OH is 1. The Morgan fingerprint density at radius 1 is 1.24 bits per heavy atom. The molecular weight excluding hydrogens is 312 g/mol. The molecule has 0 bridgehead atoms. The van der Waals surface area contributed by atoms with E-state index in [-0.39, 0.29) is 29.3 Å². The number of hydrogen-bond acceptors (Lipinski definition) is 3. The highest BCUT2D eigenvalue weighted by atomic mass is 16.5. The SMILES string of the molecule is C[C@]12CCC3C4CCC(=O)C=C4C(CO)CC3C1CCC21C=CCO1. The van der Waals surface area contributed by atoms with Gasteiger partial charge < -0.3 is 9.84 Å². The highest BCUT2D eigenvalue weighted by Crippen LogP contribution is 2.67. The van der Waals surface area contributed by atoms with Gasteiger partial charge in [0.1, 0.15) is 0 Å². The first-order valence-corrected chi connectivity index (χ1v) is 10.2. The fourth-order valence-corrected chi connectivity index (χ4v) is 7.54. The Morgan fingerprint density at radius 2 is 2.12 bits per heavy atom. The fraction of sp³-hybridized carbons (Fsp3) is 0.773. The molecule has 1 spiro atoms. The van der Waals surface area contributed by atoms with Gasteiger partial charge in [-0.3, -0.25) is 4.79 Å². The third-order valence-electron chi connectivity index (χ3n) is 8.72. The summed E-state index contributed by atoms with van der Waals surface area (Å²) in [5.74, 6) is 3.10. The number of carbonyl (C=O) groups is 1. The standard InChI is InChI=1S/C22H30O3/c1-21-8-5-17-16-4-3-15(24)12-18(16)14(13-23)11-19(17)20(21)6-9-22(21)7-2-10-25-22/h2,7,12,14,16-17,19-20,23H,3-6,8-11,13H2,1H3/t14?,16?,17?,19?,20?,21-,22?/m0/s1. The Balaban J connectivity index is 1.50. The first-order chi connectivity index (χ1) is 12.1. The summed E-state index contributed by atoms with van der Waals surface area (Å²) in [5.41, 5.74) is 1.50. The van der Waals surface area contributed by atoms with Gasteiger partial charge in [-0.25, -0.2) is 0 Å². The first kappa shape index (κ1) is 16.3. The summed E-state index contributed by atoms with van der Waals surface area (Å²) >= 11 is 0. The molecule has 3 fully saturated rings. The van der Waals surface area contributed by atoms with Gasteiger partial charge in [0.05, 0.1) is 12.2 Å². The lowest BCUT2D eigenvalue weighted by atomic mass is 9.49. The molecule has 25 heavy (non-hydrogen) atoms. The fourth-order valence-electron chi connectivity index (χ4n) is 7.54. The van der Waals surface area contributed by atoms with Crippen LogP contribution in [0.5, 0.6) is 0 Å². The predicted molar refractivity (Wildman–Crippen MR) is 95.9 cm³/mol. The van der Waals surface area contributed by atoms with Crippen molar-refractivity contribution in [2.24, 2.45) is 35.0 Å². The van der Waals surface area contributed by atoms with Crippen LogP contribution in [0.25, 0.3) is 0 Å². The number of ether oxygens (including phenoxy) is 1. The van der Waals surface area contributed by atoms with Gasteiger partial charge in [0, 0.05) is 24.4 Å². The zero-order valence-electron chi connectivity index (χ0n) is 15.2. The quantitative estimate of drug-likeness (QED) is 0.740. The zero-order chi connectivity index (χ0) is 17.2. The maximum absolute atomic E-state index is 12.0. The van der Waals surface area contributed by atoms with Gasteiger partial charge >= 0.3 is 0 Å². The van der Waals surface area contributed by atoms with Crippen LogP contribution in [0.2, 0.25) is 0 Å². The second-order valence-corrected chi connectivity index (χ2v) is 9.40. The summed E-state index contributed by atoms with van der Waals surface area (Å²) in [4.78, 5) is 12.0. The van der Waals surface area contributed by atoms with E-state index < -0.39 is 0 Å². The third-order valence-corrected chi connectivity index (χ3v) is 8.72. The molecule has 7 atom stereocenters. The van der Waals surface area contributed by atoms with Crippen molar-refractivity contribution in [3.8, 4) is 0 Å². The Hall–Kier alpha value is -0.930. The van der Waals surface area contributed by atoms with Crippen LogP contribution in [0.4, 0.5) is 0 Å². The van der Waals surface area contributed by atoms with Crippen LogP contribution in [0.1, 0.15) is 51.9 Å². The number of ketones is 1. The summed E-state index contributed by atoms with van der Waals surface area (Å²) < 4.78 is 6.31. The highest BCUT2D eigenvalue weighted by Gasteiger charge is 2.63. The van der Waals surface area contributed by atoms with E-state index in [1.807, 2.05) is 6.08 Å². The predicted octanol–water partition coefficient (Wildman–Crippen LogP) is 3.67. The molecule has 0 aromatic rings. The van der Waals surface area contributed by atoms with Crippen LogP contribution in [0.3, 0.4) is 0 Å². The van der Waals surface area contributed by atoms with E-state index in [2.05, 4.69) is 19.1 Å². The molecule has 5 aliphatic rings. The van der Waals surface area contributed by atoms with E-state index >= 15 is 0 Å². The molecule has 3 nitrogen and oxygen atoms in total. The molecule has 1 heterocycles. The number of hydrogen-bond donors (Lipinski definition) is 1. The molecule has 0 aromatic carbocycles. The summed E-state index contributed by atoms with van der Waals surface area (Å²) in [6.45, 7) is 3.44. The van der Waals surface area contributed by atoms with E-state index in [9.17, 15) is 9.90 Å². The average Bonchev–Trinajstić information content (AvgIpc) is 3.20. The van der Waals surface area contributed by atoms with Crippen LogP contribution in [0, 0.1) is 35.0 Å². The van der Waals surface area contributed by atoms with Gasteiger partial charge in [0.2, 0.25) is 0 Å². The third kappa shape index (κ3) is 2.09. The summed E-state index contributed by atoms with van der Waals surface area (Å²) in [6.07, 6.45) is 14.2. The zero-order valence-corrected chi connectivity index (χ0v) is 15.2. The topological polar surface area (TPSA) is 46.5 Å². The Kier molecular flexibility index (Phi) is 3.60. The van der Waals surface area contributed by atoms with E-state index in [0.29, 0.717) is 30.1 Å². The van der Waals surface area contributed by atoms with E-state index in [1.165, 1.54) is 24.8 Å². The maximum atomic E-state index is 12.0. The van der Waals surface area contributed by atoms with Crippen molar-refractivity contribution in [2.75, 3.05) is 13.2 Å². The molecule has 0 radical (unpaired) electrons. The average molecular weight is 342 g/mol. The van der Waals surface area contributed by atoms with Crippen LogP contribution in [-0.4, -0.2) is 29.7 Å². The molecule has 136 valence electrons. The van der Waals surface area contributed by atoms with Crippen LogP contribution in [-0.2, 0) is 9.53 Å². The van der Waals surface area contributed by atoms with E-state index in [0.717, 1.165) is 25.9 Å². The van der Waals surface area contributed by atoms with Crippen molar-refractivity contribution < 1.29 is 14.6 Å².